The van der Waals surface area contributed by atoms with E-state index in [9.17, 15) is 0 Å². The van der Waals surface area contributed by atoms with Crippen molar-refractivity contribution < 1.29 is 0 Å². The molecule has 1 aromatic carbocycles. The molecular formula is C6H7ClN2. The van der Waals surface area contributed by atoms with E-state index in [1.54, 1.807) is 0 Å². The lowest BCUT2D eigenvalue weighted by Crippen LogP contribution is -2.07. The molecule has 1 aromatic rings. The number of nitrogens with one attached hydrogen (secondary N) is 2. The Morgan fingerprint density at radius 2 is 1.78 bits per heavy atom. The zero-order valence-corrected chi connectivity index (χ0v) is 5.52. The van der Waals surface area contributed by atoms with Crippen LogP contribution in [-0.4, -0.2) is 0 Å². The largest absolute Gasteiger partial charge is 0.308 e. The average Bonchev–Trinajstić information content (AvgIpc) is 1.91. The van der Waals surface area contributed by atoms with Crippen molar-refractivity contribution in [2.24, 2.45) is 0 Å². The Balaban J connectivity index is 2.61. The lowest BCUT2D eigenvalue weighted by Gasteiger charge is -1.98. The summed E-state index contributed by atoms with van der Waals surface area (Å²) in [5.74, 6) is 0. The summed E-state index contributed by atoms with van der Waals surface area (Å²) in [4.78, 5) is 2.31. The number of hydrogen-bond acceptors (Lipinski definition) is 2. The van der Waals surface area contributed by atoms with Crippen LogP contribution in [0, 0.1) is 0 Å². The third-order valence-electron chi connectivity index (χ3n) is 0.965. The third kappa shape index (κ3) is 1.91. The van der Waals surface area contributed by atoms with Gasteiger partial charge in [-0.25, -0.2) is 0 Å². The number of hydrogen-bond donors (Lipinski definition) is 2. The van der Waals surface area contributed by atoms with Gasteiger partial charge in [-0.3, -0.25) is 0 Å². The molecule has 0 saturated carbocycles. The van der Waals surface area contributed by atoms with E-state index in [2.05, 4.69) is 10.4 Å². The minimum absolute atomic E-state index is 0.951. The molecule has 0 radical (unpaired) electrons. The van der Waals surface area contributed by atoms with Gasteiger partial charge in [0, 0.05) is 5.69 Å². The predicted molar refractivity (Wildman–Crippen MR) is 39.1 cm³/mol. The van der Waals surface area contributed by atoms with Gasteiger partial charge in [-0.15, -0.1) is 4.94 Å². The maximum Gasteiger partial charge on any atom is 0.0500 e. The first-order valence-electron chi connectivity index (χ1n) is 2.60. The van der Waals surface area contributed by atoms with Crippen LogP contribution in [0.25, 0.3) is 0 Å². The van der Waals surface area contributed by atoms with Crippen molar-refractivity contribution in [3.05, 3.63) is 30.3 Å². The molecule has 0 bridgehead atoms. The number of hydrazine groups is 1. The van der Waals surface area contributed by atoms with Crippen molar-refractivity contribution in [1.29, 1.82) is 0 Å². The summed E-state index contributed by atoms with van der Waals surface area (Å²) in [5.41, 5.74) is 3.67. The van der Waals surface area contributed by atoms with E-state index in [-0.39, 0.29) is 0 Å². The van der Waals surface area contributed by atoms with E-state index in [0.717, 1.165) is 5.69 Å². The molecule has 48 valence electrons. The molecule has 0 heterocycles. The molecule has 0 atom stereocenters. The van der Waals surface area contributed by atoms with Gasteiger partial charge in [-0.05, 0) is 23.9 Å². The van der Waals surface area contributed by atoms with Gasteiger partial charge in [0.2, 0.25) is 0 Å². The first-order chi connectivity index (χ1) is 4.43. The molecule has 2 N–H and O–H groups in total. The van der Waals surface area contributed by atoms with Crippen molar-refractivity contribution in [2.45, 2.75) is 0 Å². The smallest absolute Gasteiger partial charge is 0.0500 e. The maximum atomic E-state index is 5.17. The summed E-state index contributed by atoms with van der Waals surface area (Å²) < 4.78 is 0. The Morgan fingerprint density at radius 3 is 2.33 bits per heavy atom. The van der Waals surface area contributed by atoms with Crippen LogP contribution in [0.2, 0.25) is 0 Å². The first-order valence-corrected chi connectivity index (χ1v) is 2.98. The highest BCUT2D eigenvalue weighted by molar-refractivity contribution is 6.13. The molecule has 0 aliphatic rings. The van der Waals surface area contributed by atoms with E-state index in [1.807, 2.05) is 30.3 Å². The lowest BCUT2D eigenvalue weighted by molar-refractivity contribution is 1.20. The van der Waals surface area contributed by atoms with Gasteiger partial charge in [0.25, 0.3) is 0 Å². The van der Waals surface area contributed by atoms with Crippen LogP contribution in [-0.2, 0) is 0 Å². The summed E-state index contributed by atoms with van der Waals surface area (Å²) >= 11 is 5.17. The standard InChI is InChI=1S/C6H7ClN2/c7-9-8-6-4-2-1-3-5-6/h1-5,8-9H. The summed E-state index contributed by atoms with van der Waals surface area (Å²) in [5, 5.41) is 0. The molecule has 2 nitrogen and oxygen atoms in total. The number of halogens is 1. The van der Waals surface area contributed by atoms with Crippen LogP contribution in [0.3, 0.4) is 0 Å². The quantitative estimate of drug-likeness (QED) is 0.486. The summed E-state index contributed by atoms with van der Waals surface area (Å²) in [7, 11) is 0. The van der Waals surface area contributed by atoms with Crippen LogP contribution >= 0.6 is 11.8 Å². The molecule has 0 aliphatic carbocycles. The monoisotopic (exact) mass is 142 g/mol. The summed E-state index contributed by atoms with van der Waals surface area (Å²) in [6.07, 6.45) is 0. The molecule has 0 aromatic heterocycles. The van der Waals surface area contributed by atoms with Crippen LogP contribution in [0.4, 0.5) is 5.69 Å². The van der Waals surface area contributed by atoms with Gasteiger partial charge in [-0.1, -0.05) is 18.2 Å². The van der Waals surface area contributed by atoms with Crippen molar-refractivity contribution >= 4 is 17.5 Å². The second kappa shape index (κ2) is 3.33. The van der Waals surface area contributed by atoms with Crippen molar-refractivity contribution in [3.63, 3.8) is 0 Å². The Labute approximate surface area is 58.9 Å². The van der Waals surface area contributed by atoms with E-state index in [4.69, 9.17) is 11.8 Å². The summed E-state index contributed by atoms with van der Waals surface area (Å²) in [6, 6.07) is 9.62. The van der Waals surface area contributed by atoms with Gasteiger partial charge in [-0.2, -0.15) is 0 Å². The van der Waals surface area contributed by atoms with Crippen LogP contribution in [0.5, 0.6) is 0 Å². The van der Waals surface area contributed by atoms with Gasteiger partial charge in [0.05, 0.1) is 0 Å². The molecule has 1 rings (SSSR count). The van der Waals surface area contributed by atoms with Crippen LogP contribution in [0.1, 0.15) is 0 Å². The molecule has 0 fully saturated rings. The van der Waals surface area contributed by atoms with Gasteiger partial charge in [0.15, 0.2) is 0 Å². The van der Waals surface area contributed by atoms with E-state index in [0.29, 0.717) is 0 Å². The second-order valence-corrected chi connectivity index (χ2v) is 1.77. The maximum absolute atomic E-state index is 5.17. The first kappa shape index (κ1) is 6.39. The molecule has 0 unspecified atom stereocenters. The van der Waals surface area contributed by atoms with Gasteiger partial charge in [0.1, 0.15) is 0 Å². The Kier molecular flexibility index (Phi) is 2.36. The Bertz CT molecular complexity index is 164. The zero-order chi connectivity index (χ0) is 6.53. The van der Waals surface area contributed by atoms with Gasteiger partial charge < -0.3 is 5.43 Å². The fraction of sp³-hybridized carbons (Fsp3) is 0. The third-order valence-corrected chi connectivity index (χ3v) is 1.06. The highest BCUT2D eigenvalue weighted by Gasteiger charge is 1.81. The zero-order valence-electron chi connectivity index (χ0n) is 4.76. The molecular weight excluding hydrogens is 136 g/mol. The van der Waals surface area contributed by atoms with Crippen LogP contribution < -0.4 is 10.4 Å². The number of rotatable bonds is 2. The average molecular weight is 143 g/mol. The Morgan fingerprint density at radius 1 is 1.11 bits per heavy atom. The minimum atomic E-state index is 0.951. The predicted octanol–water partition coefficient (Wildman–Crippen LogP) is 1.76. The second-order valence-electron chi connectivity index (χ2n) is 1.59. The van der Waals surface area contributed by atoms with E-state index < -0.39 is 0 Å². The minimum Gasteiger partial charge on any atom is -0.308 e. The van der Waals surface area contributed by atoms with Crippen molar-refractivity contribution in [2.75, 3.05) is 5.43 Å². The highest BCUT2D eigenvalue weighted by Crippen LogP contribution is 2.02. The fourth-order valence-electron chi connectivity index (χ4n) is 0.576. The molecule has 9 heavy (non-hydrogen) atoms. The lowest BCUT2D eigenvalue weighted by atomic mass is 10.3. The molecule has 0 spiro atoms. The normalized spacial score (nSPS) is 9.00. The molecule has 3 heteroatoms. The summed E-state index contributed by atoms with van der Waals surface area (Å²) in [6.45, 7) is 0. The fourth-order valence-corrected chi connectivity index (χ4v) is 0.685. The number of benzene rings is 1. The molecule has 0 aliphatic heterocycles. The van der Waals surface area contributed by atoms with E-state index >= 15 is 0 Å². The van der Waals surface area contributed by atoms with Gasteiger partial charge >= 0.3 is 0 Å². The SMILES string of the molecule is ClNNc1ccccc1. The van der Waals surface area contributed by atoms with E-state index in [1.165, 1.54) is 0 Å². The van der Waals surface area contributed by atoms with Crippen molar-refractivity contribution in [1.82, 2.24) is 4.94 Å². The molecule has 0 amide bonds. The number of para-hydroxylation sites is 1. The van der Waals surface area contributed by atoms with Crippen LogP contribution in [0.15, 0.2) is 30.3 Å². The number of anilines is 1. The highest BCUT2D eigenvalue weighted by atomic mass is 35.5. The Hall–Kier alpha value is -0.730. The van der Waals surface area contributed by atoms with Crippen molar-refractivity contribution in [3.8, 4) is 0 Å². The molecule has 0 saturated heterocycles. The topological polar surface area (TPSA) is 24.1 Å².